The number of carboxylic acid groups (broad SMARTS) is 1. The largest absolute Gasteiger partial charge is 0.480 e. The molecule has 0 radical (unpaired) electrons. The van der Waals surface area contributed by atoms with Crippen molar-refractivity contribution in [3.05, 3.63) is 35.7 Å². The molecular weight excluding hydrogens is 220 g/mol. The zero-order valence-corrected chi connectivity index (χ0v) is 9.86. The predicted molar refractivity (Wildman–Crippen MR) is 63.9 cm³/mol. The number of amides is 1. The van der Waals surface area contributed by atoms with E-state index < -0.39 is 12.0 Å². The molecule has 0 aliphatic heterocycles. The summed E-state index contributed by atoms with van der Waals surface area (Å²) in [6.07, 6.45) is 6.99. The number of aryl methyl sites for hydroxylation is 1. The van der Waals surface area contributed by atoms with Gasteiger partial charge in [0, 0.05) is 12.4 Å². The minimum absolute atomic E-state index is 0.279. The van der Waals surface area contributed by atoms with Crippen molar-refractivity contribution < 1.29 is 14.7 Å². The number of hydrogen-bond donors (Lipinski definition) is 3. The summed E-state index contributed by atoms with van der Waals surface area (Å²) in [6.45, 7) is 3.59. The fourth-order valence-corrected chi connectivity index (χ4v) is 1.42. The summed E-state index contributed by atoms with van der Waals surface area (Å²) < 4.78 is 0. The maximum absolute atomic E-state index is 11.8. The number of rotatable bonds is 5. The number of carbonyl (C=O) groups excluding carboxylic acids is 1. The average Bonchev–Trinajstić information content (AvgIpc) is 2.70. The minimum Gasteiger partial charge on any atom is -0.480 e. The van der Waals surface area contributed by atoms with Gasteiger partial charge in [0.05, 0.1) is 5.56 Å². The first kappa shape index (κ1) is 13.0. The molecule has 5 heteroatoms. The highest BCUT2D eigenvalue weighted by molar-refractivity contribution is 5.97. The van der Waals surface area contributed by atoms with Crippen LogP contribution in [0.3, 0.4) is 0 Å². The number of carbonyl (C=O) groups is 2. The van der Waals surface area contributed by atoms with E-state index in [2.05, 4.69) is 10.3 Å². The van der Waals surface area contributed by atoms with E-state index in [9.17, 15) is 9.59 Å². The number of aromatic nitrogens is 1. The smallest absolute Gasteiger partial charge is 0.326 e. The summed E-state index contributed by atoms with van der Waals surface area (Å²) in [7, 11) is 0. The minimum atomic E-state index is -1.04. The molecule has 0 aromatic carbocycles. The number of allylic oxidation sites excluding steroid dienone is 1. The number of carboxylic acids is 1. The Bertz CT molecular complexity index is 435. The Kier molecular flexibility index (Phi) is 4.51. The van der Waals surface area contributed by atoms with Crippen LogP contribution in [0, 0.1) is 6.92 Å². The molecular formula is C12H16N2O3. The van der Waals surface area contributed by atoms with Gasteiger partial charge in [0.25, 0.3) is 5.91 Å². The first-order valence-corrected chi connectivity index (χ1v) is 5.34. The lowest BCUT2D eigenvalue weighted by Gasteiger charge is -2.12. The van der Waals surface area contributed by atoms with Crippen molar-refractivity contribution in [3.63, 3.8) is 0 Å². The van der Waals surface area contributed by atoms with E-state index >= 15 is 0 Å². The molecule has 92 valence electrons. The molecule has 0 saturated heterocycles. The van der Waals surface area contributed by atoms with Gasteiger partial charge < -0.3 is 15.4 Å². The molecule has 1 amide bonds. The Hall–Kier alpha value is -2.04. The van der Waals surface area contributed by atoms with Crippen LogP contribution in [0.2, 0.25) is 0 Å². The first-order valence-electron chi connectivity index (χ1n) is 5.34. The lowest BCUT2D eigenvalue weighted by Crippen LogP contribution is -2.40. The van der Waals surface area contributed by atoms with Crippen LogP contribution in [0.25, 0.3) is 0 Å². The zero-order chi connectivity index (χ0) is 12.8. The summed E-state index contributed by atoms with van der Waals surface area (Å²) in [4.78, 5) is 25.5. The number of aliphatic carboxylic acids is 1. The van der Waals surface area contributed by atoms with Crippen LogP contribution in [0.4, 0.5) is 0 Å². The van der Waals surface area contributed by atoms with Gasteiger partial charge in [-0.15, -0.1) is 0 Å². The number of nitrogens with one attached hydrogen (secondary N) is 2. The van der Waals surface area contributed by atoms with E-state index in [0.717, 1.165) is 5.56 Å². The lowest BCUT2D eigenvalue weighted by atomic mass is 10.1. The third-order valence-electron chi connectivity index (χ3n) is 2.41. The van der Waals surface area contributed by atoms with Crippen LogP contribution in [0.1, 0.15) is 29.3 Å². The van der Waals surface area contributed by atoms with Crippen molar-refractivity contribution in [1.29, 1.82) is 0 Å². The summed E-state index contributed by atoms with van der Waals surface area (Å²) in [5, 5.41) is 11.4. The van der Waals surface area contributed by atoms with Gasteiger partial charge in [-0.2, -0.15) is 0 Å². The van der Waals surface area contributed by atoms with E-state index in [1.54, 1.807) is 38.4 Å². The molecule has 0 bridgehead atoms. The molecule has 1 unspecified atom stereocenters. The first-order chi connectivity index (χ1) is 8.06. The molecule has 1 aromatic rings. The van der Waals surface area contributed by atoms with Crippen molar-refractivity contribution in [1.82, 2.24) is 10.3 Å². The van der Waals surface area contributed by atoms with Gasteiger partial charge in [0.1, 0.15) is 6.04 Å². The Morgan fingerprint density at radius 2 is 2.24 bits per heavy atom. The molecule has 0 fully saturated rings. The molecule has 5 nitrogen and oxygen atoms in total. The van der Waals surface area contributed by atoms with Gasteiger partial charge in [-0.25, -0.2) is 4.79 Å². The Morgan fingerprint density at radius 3 is 2.71 bits per heavy atom. The highest BCUT2D eigenvalue weighted by Crippen LogP contribution is 2.06. The second kappa shape index (κ2) is 5.89. The van der Waals surface area contributed by atoms with Crippen LogP contribution in [-0.4, -0.2) is 28.0 Å². The van der Waals surface area contributed by atoms with Crippen molar-refractivity contribution >= 4 is 11.9 Å². The van der Waals surface area contributed by atoms with Gasteiger partial charge in [-0.3, -0.25) is 4.79 Å². The van der Waals surface area contributed by atoms with Crippen LogP contribution in [-0.2, 0) is 4.79 Å². The Balaban J connectivity index is 2.71. The summed E-state index contributed by atoms with van der Waals surface area (Å²) in [5.74, 6) is -1.41. The predicted octanol–water partition coefficient (Wildman–Crippen LogP) is 1.47. The van der Waals surface area contributed by atoms with Crippen molar-refractivity contribution in [2.75, 3.05) is 0 Å². The maximum atomic E-state index is 11.8. The Labute approximate surface area is 99.5 Å². The van der Waals surface area contributed by atoms with Gasteiger partial charge >= 0.3 is 5.97 Å². The zero-order valence-electron chi connectivity index (χ0n) is 9.86. The molecule has 1 atom stereocenters. The summed E-state index contributed by atoms with van der Waals surface area (Å²) >= 11 is 0. The summed E-state index contributed by atoms with van der Waals surface area (Å²) in [5.41, 5.74) is 1.26. The fraction of sp³-hybridized carbons (Fsp3) is 0.333. The molecule has 17 heavy (non-hydrogen) atoms. The number of aromatic amines is 1. The van der Waals surface area contributed by atoms with E-state index in [1.807, 2.05) is 0 Å². The van der Waals surface area contributed by atoms with Crippen LogP contribution >= 0.6 is 0 Å². The van der Waals surface area contributed by atoms with Gasteiger partial charge in [0.2, 0.25) is 0 Å². The third-order valence-corrected chi connectivity index (χ3v) is 2.41. The highest BCUT2D eigenvalue weighted by atomic mass is 16.4. The second-order valence-electron chi connectivity index (χ2n) is 3.72. The molecule has 0 spiro atoms. The van der Waals surface area contributed by atoms with Gasteiger partial charge in [-0.1, -0.05) is 12.2 Å². The highest BCUT2D eigenvalue weighted by Gasteiger charge is 2.20. The molecule has 0 aliphatic carbocycles. The monoisotopic (exact) mass is 236 g/mol. The molecule has 1 rings (SSSR count). The molecule has 0 aliphatic rings. The topological polar surface area (TPSA) is 82.2 Å². The number of hydrogen-bond acceptors (Lipinski definition) is 2. The molecule has 3 N–H and O–H groups in total. The maximum Gasteiger partial charge on any atom is 0.326 e. The lowest BCUT2D eigenvalue weighted by molar-refractivity contribution is -0.139. The Morgan fingerprint density at radius 1 is 1.53 bits per heavy atom. The number of H-pyrrole nitrogens is 1. The van der Waals surface area contributed by atoms with Crippen molar-refractivity contribution in [2.45, 2.75) is 26.3 Å². The van der Waals surface area contributed by atoms with Crippen LogP contribution in [0.15, 0.2) is 24.5 Å². The van der Waals surface area contributed by atoms with E-state index in [-0.39, 0.29) is 12.3 Å². The average molecular weight is 236 g/mol. The van der Waals surface area contributed by atoms with Crippen LogP contribution in [0.5, 0.6) is 0 Å². The molecule has 1 aromatic heterocycles. The second-order valence-corrected chi connectivity index (χ2v) is 3.72. The normalized spacial score (nSPS) is 12.6. The fourth-order valence-electron chi connectivity index (χ4n) is 1.42. The van der Waals surface area contributed by atoms with Crippen LogP contribution < -0.4 is 5.32 Å². The SMILES string of the molecule is C/C=C/CC(NC(=O)c1c[nH]cc1C)C(=O)O. The van der Waals surface area contributed by atoms with Gasteiger partial charge in [-0.05, 0) is 25.8 Å². The van der Waals surface area contributed by atoms with E-state index in [1.165, 1.54) is 0 Å². The standard InChI is InChI=1S/C12H16N2O3/c1-3-4-5-10(12(16)17)14-11(15)9-7-13-6-8(9)2/h3-4,6-7,10,13H,5H2,1-2H3,(H,14,15)(H,16,17)/b4-3+. The van der Waals surface area contributed by atoms with Gasteiger partial charge in [0.15, 0.2) is 0 Å². The quantitative estimate of drug-likeness (QED) is 0.677. The third kappa shape index (κ3) is 3.48. The van der Waals surface area contributed by atoms with Crippen molar-refractivity contribution in [3.8, 4) is 0 Å². The molecule has 1 heterocycles. The summed E-state index contributed by atoms with van der Waals surface area (Å²) in [6, 6.07) is -0.895. The molecule has 0 saturated carbocycles. The van der Waals surface area contributed by atoms with E-state index in [0.29, 0.717) is 5.56 Å². The van der Waals surface area contributed by atoms with E-state index in [4.69, 9.17) is 5.11 Å². The van der Waals surface area contributed by atoms with Crippen molar-refractivity contribution in [2.24, 2.45) is 0 Å².